The first-order chi connectivity index (χ1) is 11.4. The number of nitrogens with two attached hydrogens (primary N) is 1. The molecule has 0 unspecified atom stereocenters. The molecule has 0 saturated carbocycles. The molecule has 1 aromatic heterocycles. The number of aryl methyl sites for hydroxylation is 2. The fourth-order valence-corrected chi connectivity index (χ4v) is 3.04. The first-order valence-electron chi connectivity index (χ1n) is 7.95. The third-order valence-corrected chi connectivity index (χ3v) is 4.42. The standard InChI is InChI=1S/C17H22FN5O/c1-11-5-12(3-4-14(11)18)6-20-17(24)23-7-13(15(19)8-23)16-9-22(2)10-21-16/h3-5,9-10,13,15H,6-8,19H2,1-2H3,(H,20,24)/t13-,15-/m1/s1. The van der Waals surface area contributed by atoms with Crippen LogP contribution in [0, 0.1) is 12.7 Å². The molecule has 3 N–H and O–H groups in total. The molecule has 3 rings (SSSR count). The van der Waals surface area contributed by atoms with Gasteiger partial charge in [0.15, 0.2) is 0 Å². The highest BCUT2D eigenvalue weighted by Crippen LogP contribution is 2.25. The van der Waals surface area contributed by atoms with Crippen molar-refractivity contribution in [2.45, 2.75) is 25.4 Å². The molecular formula is C17H22FN5O. The molecule has 0 spiro atoms. The molecule has 1 saturated heterocycles. The van der Waals surface area contributed by atoms with Crippen LogP contribution >= 0.6 is 0 Å². The van der Waals surface area contributed by atoms with E-state index in [-0.39, 0.29) is 23.8 Å². The number of rotatable bonds is 3. The van der Waals surface area contributed by atoms with E-state index in [1.54, 1.807) is 30.3 Å². The van der Waals surface area contributed by atoms with E-state index in [4.69, 9.17) is 5.73 Å². The van der Waals surface area contributed by atoms with Gasteiger partial charge in [-0.05, 0) is 24.1 Å². The Morgan fingerprint density at radius 3 is 2.92 bits per heavy atom. The van der Waals surface area contributed by atoms with Crippen LogP contribution in [0.5, 0.6) is 0 Å². The fourth-order valence-electron chi connectivity index (χ4n) is 3.04. The number of aromatic nitrogens is 2. The molecule has 0 radical (unpaired) electrons. The maximum Gasteiger partial charge on any atom is 0.317 e. The molecule has 7 heteroatoms. The monoisotopic (exact) mass is 331 g/mol. The number of hydrogen-bond donors (Lipinski definition) is 2. The van der Waals surface area contributed by atoms with Gasteiger partial charge >= 0.3 is 6.03 Å². The summed E-state index contributed by atoms with van der Waals surface area (Å²) in [6.07, 6.45) is 3.68. The highest BCUT2D eigenvalue weighted by molar-refractivity contribution is 5.74. The minimum absolute atomic E-state index is 0.0463. The molecule has 1 aliphatic rings. The van der Waals surface area contributed by atoms with Gasteiger partial charge in [0.05, 0.1) is 12.0 Å². The summed E-state index contributed by atoms with van der Waals surface area (Å²) >= 11 is 0. The number of carbonyl (C=O) groups is 1. The Bertz CT molecular complexity index is 744. The van der Waals surface area contributed by atoms with Crippen LogP contribution in [0.2, 0.25) is 0 Å². The van der Waals surface area contributed by atoms with Crippen molar-refractivity contribution in [2.75, 3.05) is 13.1 Å². The van der Waals surface area contributed by atoms with Crippen molar-refractivity contribution in [1.29, 1.82) is 0 Å². The van der Waals surface area contributed by atoms with E-state index in [9.17, 15) is 9.18 Å². The number of amides is 2. The topological polar surface area (TPSA) is 76.2 Å². The number of nitrogens with one attached hydrogen (secondary N) is 1. The van der Waals surface area contributed by atoms with Crippen molar-refractivity contribution in [2.24, 2.45) is 12.8 Å². The average Bonchev–Trinajstić information content (AvgIpc) is 3.14. The zero-order chi connectivity index (χ0) is 17.3. The predicted octanol–water partition coefficient (Wildman–Crippen LogP) is 1.50. The van der Waals surface area contributed by atoms with Crippen molar-refractivity contribution in [3.05, 3.63) is 53.4 Å². The number of imidazole rings is 1. The molecule has 0 aliphatic carbocycles. The van der Waals surface area contributed by atoms with E-state index in [2.05, 4.69) is 10.3 Å². The lowest BCUT2D eigenvalue weighted by atomic mass is 10.0. The van der Waals surface area contributed by atoms with E-state index in [1.807, 2.05) is 17.8 Å². The van der Waals surface area contributed by atoms with Crippen LogP contribution in [-0.4, -0.2) is 39.6 Å². The number of hydrogen-bond acceptors (Lipinski definition) is 3. The first kappa shape index (κ1) is 16.4. The lowest BCUT2D eigenvalue weighted by molar-refractivity contribution is 0.207. The van der Waals surface area contributed by atoms with Crippen LogP contribution in [0.25, 0.3) is 0 Å². The van der Waals surface area contributed by atoms with Crippen molar-refractivity contribution in [1.82, 2.24) is 19.8 Å². The second kappa shape index (κ2) is 6.60. The van der Waals surface area contributed by atoms with E-state index in [0.717, 1.165) is 11.3 Å². The van der Waals surface area contributed by atoms with E-state index >= 15 is 0 Å². The Kier molecular flexibility index (Phi) is 4.53. The zero-order valence-electron chi connectivity index (χ0n) is 13.9. The van der Waals surface area contributed by atoms with Crippen LogP contribution in [0.4, 0.5) is 9.18 Å². The number of halogens is 1. The highest BCUT2D eigenvalue weighted by Gasteiger charge is 2.35. The van der Waals surface area contributed by atoms with Crippen molar-refractivity contribution in [3.8, 4) is 0 Å². The summed E-state index contributed by atoms with van der Waals surface area (Å²) in [7, 11) is 1.91. The van der Waals surface area contributed by atoms with Crippen molar-refractivity contribution < 1.29 is 9.18 Å². The normalized spacial score (nSPS) is 20.4. The number of likely N-dealkylation sites (tertiary alicyclic amines) is 1. The Hall–Kier alpha value is -2.41. The zero-order valence-corrected chi connectivity index (χ0v) is 13.9. The van der Waals surface area contributed by atoms with Gasteiger partial charge in [-0.25, -0.2) is 14.2 Å². The Balaban J connectivity index is 1.58. The lowest BCUT2D eigenvalue weighted by Crippen LogP contribution is -2.39. The summed E-state index contributed by atoms with van der Waals surface area (Å²) in [4.78, 5) is 18.4. The van der Waals surface area contributed by atoms with E-state index in [1.165, 1.54) is 6.07 Å². The molecule has 1 aromatic carbocycles. The van der Waals surface area contributed by atoms with Gasteiger partial charge in [0.2, 0.25) is 0 Å². The molecule has 0 bridgehead atoms. The van der Waals surface area contributed by atoms with Crippen LogP contribution < -0.4 is 11.1 Å². The Morgan fingerprint density at radius 2 is 2.25 bits per heavy atom. The third-order valence-electron chi connectivity index (χ3n) is 4.42. The molecule has 2 heterocycles. The Morgan fingerprint density at radius 1 is 1.46 bits per heavy atom. The second-order valence-electron chi connectivity index (χ2n) is 6.38. The fraction of sp³-hybridized carbons (Fsp3) is 0.412. The molecule has 6 nitrogen and oxygen atoms in total. The SMILES string of the molecule is Cc1cc(CNC(=O)N2C[C@@H](N)[C@H](c3cn(C)cn3)C2)ccc1F. The minimum Gasteiger partial charge on any atom is -0.340 e. The molecule has 128 valence electrons. The summed E-state index contributed by atoms with van der Waals surface area (Å²) in [5.74, 6) is -0.196. The summed E-state index contributed by atoms with van der Waals surface area (Å²) in [6, 6.07) is 4.54. The van der Waals surface area contributed by atoms with Gasteiger partial charge < -0.3 is 20.5 Å². The smallest absolute Gasteiger partial charge is 0.317 e. The summed E-state index contributed by atoms with van der Waals surface area (Å²) in [5.41, 5.74) is 8.53. The van der Waals surface area contributed by atoms with Crippen LogP contribution in [0.15, 0.2) is 30.7 Å². The summed E-state index contributed by atoms with van der Waals surface area (Å²) < 4.78 is 15.2. The highest BCUT2D eigenvalue weighted by atomic mass is 19.1. The maximum absolute atomic E-state index is 13.3. The largest absolute Gasteiger partial charge is 0.340 e. The van der Waals surface area contributed by atoms with Crippen molar-refractivity contribution in [3.63, 3.8) is 0 Å². The molecule has 1 aliphatic heterocycles. The number of benzene rings is 1. The molecule has 2 amide bonds. The average molecular weight is 331 g/mol. The number of nitrogens with zero attached hydrogens (tertiary/aromatic N) is 3. The third kappa shape index (κ3) is 3.41. The molecular weight excluding hydrogens is 309 g/mol. The lowest BCUT2D eigenvalue weighted by Gasteiger charge is -2.17. The minimum atomic E-state index is -0.242. The van der Waals surface area contributed by atoms with Crippen LogP contribution in [-0.2, 0) is 13.6 Å². The summed E-state index contributed by atoms with van der Waals surface area (Å²) in [5, 5.41) is 2.87. The van der Waals surface area contributed by atoms with Gasteiger partial charge in [-0.1, -0.05) is 12.1 Å². The van der Waals surface area contributed by atoms with Gasteiger partial charge in [0.1, 0.15) is 5.82 Å². The second-order valence-corrected chi connectivity index (χ2v) is 6.38. The maximum atomic E-state index is 13.3. The molecule has 1 fully saturated rings. The van der Waals surface area contributed by atoms with E-state index in [0.29, 0.717) is 25.2 Å². The van der Waals surface area contributed by atoms with Gasteiger partial charge in [-0.2, -0.15) is 0 Å². The van der Waals surface area contributed by atoms with Crippen molar-refractivity contribution >= 4 is 6.03 Å². The van der Waals surface area contributed by atoms with Crippen LogP contribution in [0.3, 0.4) is 0 Å². The van der Waals surface area contributed by atoms with Gasteiger partial charge in [-0.15, -0.1) is 0 Å². The van der Waals surface area contributed by atoms with Gasteiger partial charge in [-0.3, -0.25) is 0 Å². The van der Waals surface area contributed by atoms with E-state index < -0.39 is 0 Å². The van der Waals surface area contributed by atoms with Gasteiger partial charge in [0, 0.05) is 44.8 Å². The quantitative estimate of drug-likeness (QED) is 0.895. The first-order valence-corrected chi connectivity index (χ1v) is 7.95. The molecule has 2 atom stereocenters. The predicted molar refractivity (Wildman–Crippen MR) is 88.9 cm³/mol. The van der Waals surface area contributed by atoms with Gasteiger partial charge in [0.25, 0.3) is 0 Å². The Labute approximate surface area is 140 Å². The number of carbonyl (C=O) groups excluding carboxylic acids is 1. The number of urea groups is 1. The molecule has 2 aromatic rings. The van der Waals surface area contributed by atoms with Crippen LogP contribution in [0.1, 0.15) is 22.7 Å². The molecule has 24 heavy (non-hydrogen) atoms. The summed E-state index contributed by atoms with van der Waals surface area (Å²) in [6.45, 7) is 3.11.